The van der Waals surface area contributed by atoms with E-state index in [4.69, 9.17) is 23.2 Å². The van der Waals surface area contributed by atoms with Crippen molar-refractivity contribution < 1.29 is 18.0 Å². The molecule has 0 bridgehead atoms. The van der Waals surface area contributed by atoms with E-state index in [2.05, 4.69) is 5.32 Å². The molecule has 116 valence electrons. The highest BCUT2D eigenvalue weighted by atomic mass is 35.5. The minimum Gasteiger partial charge on any atom is -0.324 e. The Morgan fingerprint density at radius 1 is 1.33 bits per heavy atom. The Morgan fingerprint density at radius 3 is 2.71 bits per heavy atom. The number of carbonyl (C=O) groups is 1. The van der Waals surface area contributed by atoms with Gasteiger partial charge in [0.1, 0.15) is 0 Å². The van der Waals surface area contributed by atoms with Crippen LogP contribution in [0.4, 0.5) is 23.7 Å². The molecule has 1 heterocycles. The van der Waals surface area contributed by atoms with E-state index in [0.717, 1.165) is 4.90 Å². The third-order valence-corrected chi connectivity index (χ3v) is 4.18. The Balaban J connectivity index is 2.05. The molecule has 21 heavy (non-hydrogen) atoms. The molecule has 0 saturated carbocycles. The van der Waals surface area contributed by atoms with Gasteiger partial charge in [-0.05, 0) is 25.0 Å². The molecule has 0 radical (unpaired) electrons. The molecule has 8 heteroatoms. The number of hydrogen-bond donors (Lipinski definition) is 1. The SMILES string of the molecule is O=C(Nc1cccc(Cl)c1Cl)N1CCCC(C(F)(F)F)C1. The Hall–Kier alpha value is -1.14. The standard InChI is InChI=1S/C13H13Cl2F3N2O/c14-9-4-1-5-10(11(9)15)19-12(21)20-6-2-3-8(7-20)13(16,17)18/h1,4-5,8H,2-3,6-7H2,(H,19,21). The van der Waals surface area contributed by atoms with Gasteiger partial charge >= 0.3 is 12.2 Å². The van der Waals surface area contributed by atoms with Gasteiger partial charge in [-0.2, -0.15) is 13.2 Å². The fourth-order valence-electron chi connectivity index (χ4n) is 2.22. The molecule has 1 aromatic rings. The van der Waals surface area contributed by atoms with Gasteiger partial charge in [-0.3, -0.25) is 0 Å². The average Bonchev–Trinajstić information content (AvgIpc) is 2.43. The zero-order valence-electron chi connectivity index (χ0n) is 10.9. The van der Waals surface area contributed by atoms with E-state index in [9.17, 15) is 18.0 Å². The smallest absolute Gasteiger partial charge is 0.324 e. The van der Waals surface area contributed by atoms with Gasteiger partial charge in [0.05, 0.1) is 21.7 Å². The number of rotatable bonds is 1. The molecular formula is C13H13Cl2F3N2O. The topological polar surface area (TPSA) is 32.3 Å². The first-order valence-corrected chi connectivity index (χ1v) is 7.11. The quantitative estimate of drug-likeness (QED) is 0.782. The third-order valence-electron chi connectivity index (χ3n) is 3.36. The van der Waals surface area contributed by atoms with E-state index in [-0.39, 0.29) is 35.2 Å². The number of nitrogens with zero attached hydrogens (tertiary/aromatic N) is 1. The van der Waals surface area contributed by atoms with Crippen molar-refractivity contribution in [3.8, 4) is 0 Å². The van der Waals surface area contributed by atoms with Crippen LogP contribution in [0, 0.1) is 5.92 Å². The van der Waals surface area contributed by atoms with Crippen molar-refractivity contribution in [1.29, 1.82) is 0 Å². The van der Waals surface area contributed by atoms with Crippen molar-refractivity contribution in [2.24, 2.45) is 5.92 Å². The van der Waals surface area contributed by atoms with E-state index in [1.807, 2.05) is 0 Å². The molecule has 1 saturated heterocycles. The number of hydrogen-bond acceptors (Lipinski definition) is 1. The summed E-state index contributed by atoms with van der Waals surface area (Å²) in [5, 5.41) is 2.92. The van der Waals surface area contributed by atoms with E-state index in [0.29, 0.717) is 6.42 Å². The molecule has 1 atom stereocenters. The van der Waals surface area contributed by atoms with Crippen molar-refractivity contribution in [2.45, 2.75) is 19.0 Å². The largest absolute Gasteiger partial charge is 0.393 e. The summed E-state index contributed by atoms with van der Waals surface area (Å²) in [5.41, 5.74) is 0.281. The van der Waals surface area contributed by atoms with Gasteiger partial charge < -0.3 is 10.2 Å². The highest BCUT2D eigenvalue weighted by Gasteiger charge is 2.42. The number of piperidine rings is 1. The number of anilines is 1. The molecule has 1 unspecified atom stereocenters. The first kappa shape index (κ1) is 16.2. The molecule has 1 aromatic carbocycles. The number of nitrogens with one attached hydrogen (secondary N) is 1. The van der Waals surface area contributed by atoms with E-state index in [1.165, 1.54) is 6.07 Å². The molecule has 0 spiro atoms. The van der Waals surface area contributed by atoms with Crippen LogP contribution in [0.3, 0.4) is 0 Å². The molecule has 0 aromatic heterocycles. The first-order valence-electron chi connectivity index (χ1n) is 6.35. The molecule has 1 N–H and O–H groups in total. The minimum absolute atomic E-state index is 0.0468. The van der Waals surface area contributed by atoms with Crippen LogP contribution in [0.1, 0.15) is 12.8 Å². The molecule has 1 aliphatic rings. The summed E-state index contributed by atoms with van der Waals surface area (Å²) < 4.78 is 38.2. The highest BCUT2D eigenvalue weighted by molar-refractivity contribution is 6.43. The number of amides is 2. The van der Waals surface area contributed by atoms with Gasteiger partial charge in [-0.15, -0.1) is 0 Å². The lowest BCUT2D eigenvalue weighted by molar-refractivity contribution is -0.183. The predicted molar refractivity (Wildman–Crippen MR) is 75.8 cm³/mol. The second kappa shape index (κ2) is 6.32. The maximum atomic E-state index is 12.7. The lowest BCUT2D eigenvalue weighted by atomic mass is 9.98. The molecule has 1 aliphatic heterocycles. The Bertz CT molecular complexity index is 537. The third kappa shape index (κ3) is 3.95. The summed E-state index contributed by atoms with van der Waals surface area (Å²) in [6, 6.07) is 4.09. The van der Waals surface area contributed by atoms with Crippen molar-refractivity contribution in [1.82, 2.24) is 4.90 Å². The average molecular weight is 341 g/mol. The number of carbonyl (C=O) groups excluding carboxylic acids is 1. The molecule has 2 amide bonds. The summed E-state index contributed by atoms with van der Waals surface area (Å²) in [7, 11) is 0. The van der Waals surface area contributed by atoms with Gasteiger partial charge in [-0.1, -0.05) is 29.3 Å². The summed E-state index contributed by atoms with van der Waals surface area (Å²) in [5.74, 6) is -1.48. The molecular weight excluding hydrogens is 328 g/mol. The normalized spacial score (nSPS) is 19.5. The van der Waals surface area contributed by atoms with E-state index >= 15 is 0 Å². The monoisotopic (exact) mass is 340 g/mol. The fourth-order valence-corrected chi connectivity index (χ4v) is 2.57. The van der Waals surface area contributed by atoms with Crippen molar-refractivity contribution in [3.05, 3.63) is 28.2 Å². The summed E-state index contributed by atoms with van der Waals surface area (Å²) >= 11 is 11.8. The number of benzene rings is 1. The molecule has 3 nitrogen and oxygen atoms in total. The summed E-state index contributed by atoms with van der Waals surface area (Å²) in [6.45, 7) is -0.0515. The lowest BCUT2D eigenvalue weighted by Gasteiger charge is -2.33. The second-order valence-electron chi connectivity index (χ2n) is 4.86. The van der Waals surface area contributed by atoms with Gasteiger partial charge in [-0.25, -0.2) is 4.79 Å². The minimum atomic E-state index is -4.29. The summed E-state index contributed by atoms with van der Waals surface area (Å²) in [4.78, 5) is 13.2. The molecule has 0 aliphatic carbocycles. The van der Waals surface area contributed by atoms with Crippen LogP contribution in [0.5, 0.6) is 0 Å². The second-order valence-corrected chi connectivity index (χ2v) is 5.64. The fraction of sp³-hybridized carbons (Fsp3) is 0.462. The van der Waals surface area contributed by atoms with Crippen LogP contribution >= 0.6 is 23.2 Å². The molecule has 1 fully saturated rings. The maximum Gasteiger partial charge on any atom is 0.393 e. The lowest BCUT2D eigenvalue weighted by Crippen LogP contribution is -2.46. The summed E-state index contributed by atoms with van der Waals surface area (Å²) in [6.07, 6.45) is -3.92. The zero-order valence-corrected chi connectivity index (χ0v) is 12.4. The number of likely N-dealkylation sites (tertiary alicyclic amines) is 1. The van der Waals surface area contributed by atoms with Crippen LogP contribution in [-0.2, 0) is 0 Å². The van der Waals surface area contributed by atoms with Crippen LogP contribution in [0.25, 0.3) is 0 Å². The maximum absolute atomic E-state index is 12.7. The van der Waals surface area contributed by atoms with Gasteiger partial charge in [0.15, 0.2) is 0 Å². The van der Waals surface area contributed by atoms with Crippen molar-refractivity contribution in [3.63, 3.8) is 0 Å². The van der Waals surface area contributed by atoms with Crippen LogP contribution in [0.2, 0.25) is 10.0 Å². The van der Waals surface area contributed by atoms with Crippen molar-refractivity contribution in [2.75, 3.05) is 18.4 Å². The highest BCUT2D eigenvalue weighted by Crippen LogP contribution is 2.34. The zero-order chi connectivity index (χ0) is 15.6. The number of alkyl halides is 3. The van der Waals surface area contributed by atoms with Crippen LogP contribution < -0.4 is 5.32 Å². The molecule has 2 rings (SSSR count). The number of halogens is 5. The Morgan fingerprint density at radius 2 is 2.05 bits per heavy atom. The Kier molecular flexibility index (Phi) is 4.88. The van der Waals surface area contributed by atoms with Crippen LogP contribution in [-0.4, -0.2) is 30.2 Å². The Labute approximate surface area is 130 Å². The van der Waals surface area contributed by atoms with E-state index < -0.39 is 18.1 Å². The number of urea groups is 1. The van der Waals surface area contributed by atoms with Gasteiger partial charge in [0.25, 0.3) is 0 Å². The van der Waals surface area contributed by atoms with Crippen LogP contribution in [0.15, 0.2) is 18.2 Å². The first-order chi connectivity index (χ1) is 9.79. The van der Waals surface area contributed by atoms with Gasteiger partial charge in [0.2, 0.25) is 0 Å². The van der Waals surface area contributed by atoms with Crippen molar-refractivity contribution >= 4 is 34.9 Å². The predicted octanol–water partition coefficient (Wildman–Crippen LogP) is 4.80. The van der Waals surface area contributed by atoms with E-state index in [1.54, 1.807) is 12.1 Å². The van der Waals surface area contributed by atoms with Gasteiger partial charge in [0, 0.05) is 13.1 Å².